The van der Waals surface area contributed by atoms with Crippen LogP contribution < -0.4 is 4.74 Å². The van der Waals surface area contributed by atoms with Gasteiger partial charge in [-0.3, -0.25) is 0 Å². The lowest BCUT2D eigenvalue weighted by Gasteiger charge is -2.05. The first-order chi connectivity index (χ1) is 6.19. The molecule has 0 aromatic heterocycles. The number of ether oxygens (including phenoxy) is 1. The van der Waals surface area contributed by atoms with Crippen LogP contribution >= 0.6 is 12.2 Å². The highest BCUT2D eigenvalue weighted by Crippen LogP contribution is 2.33. The van der Waals surface area contributed by atoms with Crippen LogP contribution in [0.5, 0.6) is 11.5 Å². The highest BCUT2D eigenvalue weighted by molar-refractivity contribution is 7.78. The van der Waals surface area contributed by atoms with Gasteiger partial charge in [0.15, 0.2) is 0 Å². The van der Waals surface area contributed by atoms with Crippen LogP contribution in [0.25, 0.3) is 0 Å². The standard InChI is InChI=1S/C9H9NO2S/c1-6-3-7(10-5-13)9(12-2)4-8(6)11/h3-4,11H,1-2H3. The van der Waals surface area contributed by atoms with Crippen molar-refractivity contribution in [3.63, 3.8) is 0 Å². The number of benzene rings is 1. The van der Waals surface area contributed by atoms with Crippen LogP contribution in [0.2, 0.25) is 0 Å². The van der Waals surface area contributed by atoms with Crippen LogP contribution in [0.3, 0.4) is 0 Å². The Balaban J connectivity index is 3.32. The summed E-state index contributed by atoms with van der Waals surface area (Å²) < 4.78 is 4.99. The Labute approximate surface area is 81.7 Å². The number of phenolic OH excluding ortho intramolecular Hbond substituents is 1. The minimum Gasteiger partial charge on any atom is -0.508 e. The Morgan fingerprint density at radius 2 is 2.23 bits per heavy atom. The average molecular weight is 195 g/mol. The molecule has 0 aliphatic rings. The van der Waals surface area contributed by atoms with Gasteiger partial charge in [0, 0.05) is 6.07 Å². The molecule has 0 radical (unpaired) electrons. The van der Waals surface area contributed by atoms with Crippen LogP contribution in [-0.2, 0) is 0 Å². The molecule has 0 saturated carbocycles. The molecule has 0 amide bonds. The van der Waals surface area contributed by atoms with E-state index in [9.17, 15) is 5.11 Å². The molecule has 4 heteroatoms. The predicted molar refractivity (Wildman–Crippen MR) is 54.1 cm³/mol. The first-order valence-corrected chi connectivity index (χ1v) is 4.05. The Kier molecular flexibility index (Phi) is 3.01. The highest BCUT2D eigenvalue weighted by Gasteiger charge is 2.05. The SMILES string of the molecule is COc1cc(O)c(C)cc1N=C=S. The summed E-state index contributed by atoms with van der Waals surface area (Å²) in [5, 5.41) is 11.6. The van der Waals surface area contributed by atoms with Gasteiger partial charge < -0.3 is 9.84 Å². The third-order valence-electron chi connectivity index (χ3n) is 1.66. The number of aliphatic imine (C=N–C) groups is 1. The molecule has 3 nitrogen and oxygen atoms in total. The summed E-state index contributed by atoms with van der Waals surface area (Å²) in [7, 11) is 1.51. The average Bonchev–Trinajstić information content (AvgIpc) is 2.11. The van der Waals surface area contributed by atoms with Gasteiger partial charge in [-0.05, 0) is 30.8 Å². The third kappa shape index (κ3) is 2.05. The Hall–Kier alpha value is -1.38. The number of thiocarbonyl (C=S) groups is 1. The van der Waals surface area contributed by atoms with Crippen molar-refractivity contribution < 1.29 is 9.84 Å². The fourth-order valence-electron chi connectivity index (χ4n) is 0.962. The van der Waals surface area contributed by atoms with Gasteiger partial charge in [0.1, 0.15) is 17.2 Å². The fraction of sp³-hybridized carbons (Fsp3) is 0.222. The van der Waals surface area contributed by atoms with Crippen molar-refractivity contribution in [2.24, 2.45) is 4.99 Å². The quantitative estimate of drug-likeness (QED) is 0.582. The molecule has 1 aromatic carbocycles. The van der Waals surface area contributed by atoms with Gasteiger partial charge >= 0.3 is 0 Å². The number of phenols is 1. The van der Waals surface area contributed by atoms with E-state index in [4.69, 9.17) is 4.74 Å². The zero-order chi connectivity index (χ0) is 9.84. The van der Waals surface area contributed by atoms with E-state index in [1.807, 2.05) is 0 Å². The second kappa shape index (κ2) is 4.03. The predicted octanol–water partition coefficient (Wildman–Crippen LogP) is 2.44. The van der Waals surface area contributed by atoms with E-state index in [2.05, 4.69) is 22.4 Å². The fourth-order valence-corrected chi connectivity index (χ4v) is 1.06. The minimum atomic E-state index is 0.181. The van der Waals surface area contributed by atoms with Crippen LogP contribution in [0.4, 0.5) is 5.69 Å². The molecule has 1 aromatic rings. The van der Waals surface area contributed by atoms with Crippen molar-refractivity contribution in [1.82, 2.24) is 0 Å². The van der Waals surface area contributed by atoms with Crippen LogP contribution in [-0.4, -0.2) is 17.4 Å². The van der Waals surface area contributed by atoms with Crippen molar-refractivity contribution in [1.29, 1.82) is 0 Å². The summed E-state index contributed by atoms with van der Waals surface area (Å²) in [6.45, 7) is 1.77. The second-order valence-electron chi connectivity index (χ2n) is 2.51. The molecule has 0 bridgehead atoms. The van der Waals surface area contributed by atoms with Gasteiger partial charge in [-0.2, -0.15) is 4.99 Å². The third-order valence-corrected chi connectivity index (χ3v) is 1.75. The van der Waals surface area contributed by atoms with Crippen molar-refractivity contribution in [3.8, 4) is 11.5 Å². The normalized spacial score (nSPS) is 9.08. The van der Waals surface area contributed by atoms with E-state index in [1.54, 1.807) is 13.0 Å². The second-order valence-corrected chi connectivity index (χ2v) is 2.70. The zero-order valence-electron chi connectivity index (χ0n) is 7.37. The first-order valence-electron chi connectivity index (χ1n) is 3.64. The largest absolute Gasteiger partial charge is 0.508 e. The number of aryl methyl sites for hydroxylation is 1. The maximum absolute atomic E-state index is 9.36. The lowest BCUT2D eigenvalue weighted by atomic mass is 10.2. The summed E-state index contributed by atoms with van der Waals surface area (Å²) in [5.41, 5.74) is 1.30. The maximum atomic E-state index is 9.36. The van der Waals surface area contributed by atoms with E-state index in [0.717, 1.165) is 5.56 Å². The number of hydrogen-bond acceptors (Lipinski definition) is 4. The maximum Gasteiger partial charge on any atom is 0.149 e. The summed E-state index contributed by atoms with van der Waals surface area (Å²) in [4.78, 5) is 3.81. The summed E-state index contributed by atoms with van der Waals surface area (Å²) in [5.74, 6) is 0.667. The molecular formula is C9H9NO2S. The number of methoxy groups -OCH3 is 1. The molecule has 0 atom stereocenters. The lowest BCUT2D eigenvalue weighted by molar-refractivity contribution is 0.408. The van der Waals surface area contributed by atoms with Crippen molar-refractivity contribution in [3.05, 3.63) is 17.7 Å². The van der Waals surface area contributed by atoms with Crippen molar-refractivity contribution >= 4 is 23.1 Å². The van der Waals surface area contributed by atoms with E-state index < -0.39 is 0 Å². The topological polar surface area (TPSA) is 41.8 Å². The molecule has 13 heavy (non-hydrogen) atoms. The van der Waals surface area contributed by atoms with Gasteiger partial charge in [0.25, 0.3) is 0 Å². The van der Waals surface area contributed by atoms with Gasteiger partial charge in [-0.25, -0.2) is 0 Å². The molecular weight excluding hydrogens is 186 g/mol. The molecule has 1 rings (SSSR count). The number of nitrogens with zero attached hydrogens (tertiary/aromatic N) is 1. The Morgan fingerprint density at radius 3 is 2.77 bits per heavy atom. The molecule has 1 N–H and O–H groups in total. The summed E-state index contributed by atoms with van der Waals surface area (Å²) in [6, 6.07) is 3.19. The van der Waals surface area contributed by atoms with Gasteiger partial charge in [-0.1, -0.05) is 0 Å². The number of rotatable bonds is 2. The molecule has 0 unspecified atom stereocenters. The minimum absolute atomic E-state index is 0.181. The van der Waals surface area contributed by atoms with E-state index in [-0.39, 0.29) is 5.75 Å². The Morgan fingerprint density at radius 1 is 1.54 bits per heavy atom. The van der Waals surface area contributed by atoms with E-state index in [0.29, 0.717) is 11.4 Å². The zero-order valence-corrected chi connectivity index (χ0v) is 8.18. The smallest absolute Gasteiger partial charge is 0.149 e. The van der Waals surface area contributed by atoms with Crippen molar-refractivity contribution in [2.75, 3.05) is 7.11 Å². The molecule has 0 aliphatic heterocycles. The van der Waals surface area contributed by atoms with Crippen LogP contribution in [0, 0.1) is 6.92 Å². The van der Waals surface area contributed by atoms with Crippen LogP contribution in [0.15, 0.2) is 17.1 Å². The number of aromatic hydroxyl groups is 1. The van der Waals surface area contributed by atoms with Crippen molar-refractivity contribution in [2.45, 2.75) is 6.92 Å². The molecule has 0 heterocycles. The highest BCUT2D eigenvalue weighted by atomic mass is 32.1. The molecule has 0 spiro atoms. The van der Waals surface area contributed by atoms with Gasteiger partial charge in [0.05, 0.1) is 12.3 Å². The molecule has 0 fully saturated rings. The monoisotopic (exact) mass is 195 g/mol. The van der Waals surface area contributed by atoms with Gasteiger partial charge in [-0.15, -0.1) is 0 Å². The van der Waals surface area contributed by atoms with E-state index in [1.165, 1.54) is 13.2 Å². The molecule has 0 aliphatic carbocycles. The Bertz CT molecular complexity index is 370. The summed E-state index contributed by atoms with van der Waals surface area (Å²) in [6.07, 6.45) is 0. The molecule has 0 saturated heterocycles. The lowest BCUT2D eigenvalue weighted by Crippen LogP contribution is -1.84. The molecule has 68 valence electrons. The first kappa shape index (κ1) is 9.71. The number of hydrogen-bond donors (Lipinski definition) is 1. The van der Waals surface area contributed by atoms with Crippen LogP contribution in [0.1, 0.15) is 5.56 Å². The number of isothiocyanates is 1. The van der Waals surface area contributed by atoms with Gasteiger partial charge in [0.2, 0.25) is 0 Å². The van der Waals surface area contributed by atoms with E-state index >= 15 is 0 Å². The summed E-state index contributed by atoms with van der Waals surface area (Å²) >= 11 is 4.48.